The molecule has 94 valence electrons. The van der Waals surface area contributed by atoms with Gasteiger partial charge in [-0.3, -0.25) is 0 Å². The highest BCUT2D eigenvalue weighted by molar-refractivity contribution is 9.10. The standard InChI is InChI=1S/C15H16BrNO/c1-11-4-2-7-14(8-11)17-15(10-18)12-5-3-6-13(16)9-12/h2-9,15,17-18H,10H2,1H3. The minimum Gasteiger partial charge on any atom is -0.394 e. The van der Waals surface area contributed by atoms with Crippen molar-refractivity contribution in [2.45, 2.75) is 13.0 Å². The van der Waals surface area contributed by atoms with Gasteiger partial charge < -0.3 is 10.4 Å². The Kier molecular flexibility index (Phi) is 4.39. The summed E-state index contributed by atoms with van der Waals surface area (Å²) in [4.78, 5) is 0. The van der Waals surface area contributed by atoms with E-state index in [0.717, 1.165) is 15.7 Å². The van der Waals surface area contributed by atoms with Crippen molar-refractivity contribution < 1.29 is 5.11 Å². The molecule has 18 heavy (non-hydrogen) atoms. The third-order valence-electron chi connectivity index (χ3n) is 2.79. The van der Waals surface area contributed by atoms with Gasteiger partial charge in [0.1, 0.15) is 0 Å². The lowest BCUT2D eigenvalue weighted by molar-refractivity contribution is 0.276. The highest BCUT2D eigenvalue weighted by atomic mass is 79.9. The van der Waals surface area contributed by atoms with E-state index in [4.69, 9.17) is 0 Å². The van der Waals surface area contributed by atoms with E-state index in [0.29, 0.717) is 0 Å². The smallest absolute Gasteiger partial charge is 0.0745 e. The molecule has 2 aromatic rings. The second-order valence-electron chi connectivity index (χ2n) is 4.30. The fourth-order valence-corrected chi connectivity index (χ4v) is 2.31. The third kappa shape index (κ3) is 3.34. The topological polar surface area (TPSA) is 32.3 Å². The maximum atomic E-state index is 9.52. The molecule has 1 atom stereocenters. The quantitative estimate of drug-likeness (QED) is 0.898. The Balaban J connectivity index is 2.19. The fraction of sp³-hybridized carbons (Fsp3) is 0.200. The Morgan fingerprint density at radius 1 is 1.17 bits per heavy atom. The molecule has 1 unspecified atom stereocenters. The molecule has 0 bridgehead atoms. The summed E-state index contributed by atoms with van der Waals surface area (Å²) in [6.07, 6.45) is 0. The van der Waals surface area contributed by atoms with E-state index in [2.05, 4.69) is 40.3 Å². The summed E-state index contributed by atoms with van der Waals surface area (Å²) in [6.45, 7) is 2.11. The monoisotopic (exact) mass is 305 g/mol. The molecule has 2 aromatic carbocycles. The second kappa shape index (κ2) is 6.03. The van der Waals surface area contributed by atoms with Crippen molar-refractivity contribution in [2.75, 3.05) is 11.9 Å². The molecule has 2 rings (SSSR count). The summed E-state index contributed by atoms with van der Waals surface area (Å²) in [6, 6.07) is 16.0. The Morgan fingerprint density at radius 3 is 2.61 bits per heavy atom. The lowest BCUT2D eigenvalue weighted by atomic mass is 10.1. The minimum atomic E-state index is -0.0932. The predicted octanol–water partition coefficient (Wildman–Crippen LogP) is 3.90. The lowest BCUT2D eigenvalue weighted by Gasteiger charge is -2.18. The molecule has 0 radical (unpaired) electrons. The molecule has 0 aliphatic carbocycles. The van der Waals surface area contributed by atoms with Gasteiger partial charge in [0.05, 0.1) is 12.6 Å². The molecule has 2 N–H and O–H groups in total. The number of halogens is 1. The molecular weight excluding hydrogens is 290 g/mol. The van der Waals surface area contributed by atoms with Crippen molar-refractivity contribution in [3.05, 3.63) is 64.1 Å². The molecule has 0 saturated heterocycles. The number of nitrogens with one attached hydrogen (secondary N) is 1. The molecule has 0 spiro atoms. The van der Waals surface area contributed by atoms with Crippen LogP contribution in [-0.4, -0.2) is 11.7 Å². The van der Waals surface area contributed by atoms with E-state index in [1.54, 1.807) is 0 Å². The van der Waals surface area contributed by atoms with Crippen molar-refractivity contribution in [1.82, 2.24) is 0 Å². The first-order chi connectivity index (χ1) is 8.69. The highest BCUT2D eigenvalue weighted by Crippen LogP contribution is 2.22. The van der Waals surface area contributed by atoms with Crippen LogP contribution < -0.4 is 5.32 Å². The number of anilines is 1. The molecule has 0 aliphatic rings. The Labute approximate surface area is 116 Å². The van der Waals surface area contributed by atoms with Gasteiger partial charge in [0, 0.05) is 10.2 Å². The van der Waals surface area contributed by atoms with Crippen molar-refractivity contribution in [3.8, 4) is 0 Å². The second-order valence-corrected chi connectivity index (χ2v) is 5.22. The van der Waals surface area contributed by atoms with Crippen LogP contribution in [0.4, 0.5) is 5.69 Å². The molecule has 2 nitrogen and oxygen atoms in total. The van der Waals surface area contributed by atoms with E-state index < -0.39 is 0 Å². The Morgan fingerprint density at radius 2 is 1.94 bits per heavy atom. The summed E-state index contributed by atoms with van der Waals surface area (Å²) < 4.78 is 1.02. The first-order valence-electron chi connectivity index (χ1n) is 5.88. The summed E-state index contributed by atoms with van der Waals surface area (Å²) in [5.74, 6) is 0. The van der Waals surface area contributed by atoms with Gasteiger partial charge in [-0.2, -0.15) is 0 Å². The maximum Gasteiger partial charge on any atom is 0.0745 e. The Bertz CT molecular complexity index is 527. The van der Waals surface area contributed by atoms with E-state index in [-0.39, 0.29) is 12.6 Å². The average Bonchev–Trinajstić information content (AvgIpc) is 2.36. The molecule has 0 saturated carbocycles. The van der Waals surface area contributed by atoms with Crippen LogP contribution in [0.5, 0.6) is 0 Å². The first kappa shape index (κ1) is 13.1. The number of hydrogen-bond acceptors (Lipinski definition) is 2. The third-order valence-corrected chi connectivity index (χ3v) is 3.29. The highest BCUT2D eigenvalue weighted by Gasteiger charge is 2.10. The lowest BCUT2D eigenvalue weighted by Crippen LogP contribution is -2.14. The molecule has 0 aromatic heterocycles. The largest absolute Gasteiger partial charge is 0.394 e. The van der Waals surface area contributed by atoms with E-state index in [1.165, 1.54) is 5.56 Å². The summed E-state index contributed by atoms with van der Waals surface area (Å²) in [5, 5.41) is 12.9. The number of hydrogen-bond donors (Lipinski definition) is 2. The predicted molar refractivity (Wildman–Crippen MR) is 78.8 cm³/mol. The Hall–Kier alpha value is -1.32. The van der Waals surface area contributed by atoms with Crippen molar-refractivity contribution in [1.29, 1.82) is 0 Å². The molecule has 0 amide bonds. The fourth-order valence-electron chi connectivity index (χ4n) is 1.89. The summed E-state index contributed by atoms with van der Waals surface area (Å²) in [7, 11) is 0. The number of rotatable bonds is 4. The SMILES string of the molecule is Cc1cccc(NC(CO)c2cccc(Br)c2)c1. The zero-order valence-electron chi connectivity index (χ0n) is 10.2. The maximum absolute atomic E-state index is 9.52. The van der Waals surface area contributed by atoms with E-state index in [9.17, 15) is 5.11 Å². The van der Waals surface area contributed by atoms with Crippen LogP contribution in [0, 0.1) is 6.92 Å². The molecule has 0 fully saturated rings. The minimum absolute atomic E-state index is 0.0599. The first-order valence-corrected chi connectivity index (χ1v) is 6.68. The number of aryl methyl sites for hydroxylation is 1. The van der Waals surface area contributed by atoms with Gasteiger partial charge in [0.15, 0.2) is 0 Å². The van der Waals surface area contributed by atoms with E-state index >= 15 is 0 Å². The van der Waals surface area contributed by atoms with E-state index in [1.807, 2.05) is 36.4 Å². The van der Waals surface area contributed by atoms with Crippen LogP contribution in [0.3, 0.4) is 0 Å². The average molecular weight is 306 g/mol. The van der Waals surface area contributed by atoms with Gasteiger partial charge in [0.25, 0.3) is 0 Å². The van der Waals surface area contributed by atoms with Gasteiger partial charge in [-0.05, 0) is 42.3 Å². The van der Waals surface area contributed by atoms with Gasteiger partial charge in [-0.25, -0.2) is 0 Å². The van der Waals surface area contributed by atoms with Crippen molar-refractivity contribution >= 4 is 21.6 Å². The number of aliphatic hydroxyl groups is 1. The van der Waals surface area contributed by atoms with Gasteiger partial charge in [-0.15, -0.1) is 0 Å². The molecule has 3 heteroatoms. The van der Waals surface area contributed by atoms with Crippen LogP contribution in [0.15, 0.2) is 53.0 Å². The van der Waals surface area contributed by atoms with Crippen molar-refractivity contribution in [3.63, 3.8) is 0 Å². The zero-order chi connectivity index (χ0) is 13.0. The van der Waals surface area contributed by atoms with Gasteiger partial charge >= 0.3 is 0 Å². The summed E-state index contributed by atoms with van der Waals surface area (Å²) in [5.41, 5.74) is 3.29. The van der Waals surface area contributed by atoms with Gasteiger partial charge in [-0.1, -0.05) is 40.2 Å². The molecule has 0 heterocycles. The zero-order valence-corrected chi connectivity index (χ0v) is 11.8. The number of aliphatic hydroxyl groups excluding tert-OH is 1. The summed E-state index contributed by atoms with van der Waals surface area (Å²) >= 11 is 3.45. The van der Waals surface area contributed by atoms with Crippen LogP contribution in [0.2, 0.25) is 0 Å². The normalized spacial score (nSPS) is 12.2. The van der Waals surface area contributed by atoms with Crippen LogP contribution >= 0.6 is 15.9 Å². The molecular formula is C15H16BrNO. The van der Waals surface area contributed by atoms with Crippen LogP contribution in [0.25, 0.3) is 0 Å². The molecule has 0 aliphatic heterocycles. The van der Waals surface area contributed by atoms with Crippen LogP contribution in [-0.2, 0) is 0 Å². The number of benzene rings is 2. The van der Waals surface area contributed by atoms with Gasteiger partial charge in [0.2, 0.25) is 0 Å². The van der Waals surface area contributed by atoms with Crippen molar-refractivity contribution in [2.24, 2.45) is 0 Å². The van der Waals surface area contributed by atoms with Crippen LogP contribution in [0.1, 0.15) is 17.2 Å².